The van der Waals surface area contributed by atoms with E-state index >= 15 is 13.2 Å². The highest BCUT2D eigenvalue weighted by Crippen LogP contribution is 2.67. The smallest absolute Gasteiger partial charge is 0.433 e. The summed E-state index contributed by atoms with van der Waals surface area (Å²) in [6, 6.07) is 5.10. The van der Waals surface area contributed by atoms with E-state index in [2.05, 4.69) is 39.7 Å². The molecule has 4 atom stereocenters. The van der Waals surface area contributed by atoms with Crippen LogP contribution in [-0.4, -0.2) is 52.6 Å². The Hall–Kier alpha value is -2.08. The largest absolute Gasteiger partial charge is 0.481 e. The van der Waals surface area contributed by atoms with E-state index in [0.717, 1.165) is 34.6 Å². The predicted octanol–water partition coefficient (Wildman–Crippen LogP) is 10.4. The number of aryl methyl sites for hydroxylation is 1. The van der Waals surface area contributed by atoms with E-state index in [1.807, 2.05) is 6.92 Å². The van der Waals surface area contributed by atoms with Gasteiger partial charge in [0.1, 0.15) is 0 Å². The normalized spacial score (nSPS) is 27.1. The van der Waals surface area contributed by atoms with Gasteiger partial charge in [-0.25, -0.2) is 0 Å². The molecule has 1 amide bonds. The fraction of sp³-hybridized carbons (Fsp3) is 0.694. The molecule has 1 heterocycles. The van der Waals surface area contributed by atoms with Crippen molar-refractivity contribution >= 4 is 43.4 Å². The van der Waals surface area contributed by atoms with Crippen LogP contribution in [0.5, 0.6) is 0 Å². The van der Waals surface area contributed by atoms with E-state index in [1.54, 1.807) is 24.0 Å². The minimum atomic E-state index is -4.87. The number of alkyl halides is 3. The van der Waals surface area contributed by atoms with E-state index in [1.165, 1.54) is 0 Å². The molecule has 13 heteroatoms. The molecule has 3 aliphatic rings. The Morgan fingerprint density at radius 1 is 1.06 bits per heavy atom. The molecule has 0 bridgehead atoms. The average Bonchev–Trinajstić information content (AvgIpc) is 3.45. The van der Waals surface area contributed by atoms with Crippen LogP contribution in [0.4, 0.5) is 13.2 Å². The van der Waals surface area contributed by atoms with Gasteiger partial charge in [0, 0.05) is 21.7 Å². The predicted molar refractivity (Wildman–Crippen MR) is 188 cm³/mol. The van der Waals surface area contributed by atoms with Crippen LogP contribution in [-0.2, 0) is 15.4 Å². The Morgan fingerprint density at radius 3 is 2.06 bits per heavy atom. The summed E-state index contributed by atoms with van der Waals surface area (Å²) < 4.78 is 53.0. The lowest BCUT2D eigenvalue weighted by atomic mass is 9.74. The molecule has 0 radical (unpaired) electrons. The topological polar surface area (TPSA) is 84.7 Å². The van der Waals surface area contributed by atoms with Crippen LogP contribution >= 0.6 is 23.2 Å². The first-order valence-electron chi connectivity index (χ1n) is 17.6. The van der Waals surface area contributed by atoms with Crippen molar-refractivity contribution in [3.8, 4) is 0 Å². The molecule has 1 aromatic heterocycles. The molecule has 2 aromatic rings. The van der Waals surface area contributed by atoms with Crippen molar-refractivity contribution in [2.75, 3.05) is 6.54 Å². The van der Waals surface area contributed by atoms with E-state index in [0.29, 0.717) is 40.3 Å². The van der Waals surface area contributed by atoms with Crippen molar-refractivity contribution in [1.82, 2.24) is 14.7 Å². The van der Waals surface area contributed by atoms with E-state index in [9.17, 15) is 14.7 Å². The number of carboxylic acid groups (broad SMARTS) is 1. The molecule has 3 fully saturated rings. The third kappa shape index (κ3) is 7.20. The van der Waals surface area contributed by atoms with Gasteiger partial charge in [-0.2, -0.15) is 18.3 Å². The van der Waals surface area contributed by atoms with Crippen molar-refractivity contribution in [2.45, 2.75) is 129 Å². The first-order chi connectivity index (χ1) is 22.8. The summed E-state index contributed by atoms with van der Waals surface area (Å²) in [6.45, 7) is 14.2. The Morgan fingerprint density at radius 2 is 1.59 bits per heavy atom. The molecular weight excluding hydrogens is 694 g/mol. The quantitative estimate of drug-likeness (QED) is 0.219. The minimum Gasteiger partial charge on any atom is -0.481 e. The SMILES string of the molecule is CC[Si](CC)(CC)OC(CN(C(=O)c1cnn(C2CCC(C)(C(=O)O)CC2)c1C(F)(F)F)C1C[C@@H]2[C@H](C1)C2(C)C)c1c(Cl)cc(C)cc1Cl. The van der Waals surface area contributed by atoms with Crippen LogP contribution in [0.1, 0.15) is 119 Å². The maximum atomic E-state index is 15.0. The molecule has 7 nitrogen and oxygen atoms in total. The summed E-state index contributed by atoms with van der Waals surface area (Å²) in [4.78, 5) is 28.1. The number of fused-ring (bicyclic) bond motifs is 1. The lowest BCUT2D eigenvalue weighted by Crippen LogP contribution is -2.46. The van der Waals surface area contributed by atoms with Gasteiger partial charge in [-0.1, -0.05) is 57.8 Å². The number of benzene rings is 1. The lowest BCUT2D eigenvalue weighted by Gasteiger charge is -2.39. The monoisotopic (exact) mass is 743 g/mol. The number of rotatable bonds is 12. The van der Waals surface area contributed by atoms with Crippen LogP contribution < -0.4 is 0 Å². The molecule has 49 heavy (non-hydrogen) atoms. The van der Waals surface area contributed by atoms with Gasteiger partial charge in [-0.05, 0) is 105 Å². The van der Waals surface area contributed by atoms with Gasteiger partial charge in [0.05, 0.1) is 35.9 Å². The van der Waals surface area contributed by atoms with Crippen molar-refractivity contribution in [1.29, 1.82) is 0 Å². The van der Waals surface area contributed by atoms with Crippen LogP contribution in [0.25, 0.3) is 0 Å². The number of hydrogen-bond donors (Lipinski definition) is 1. The van der Waals surface area contributed by atoms with E-state index < -0.39 is 55.2 Å². The number of carbonyl (C=O) groups excluding carboxylic acids is 1. The highest BCUT2D eigenvalue weighted by atomic mass is 35.5. The van der Waals surface area contributed by atoms with Gasteiger partial charge >= 0.3 is 12.1 Å². The fourth-order valence-corrected chi connectivity index (χ4v) is 12.4. The Labute approximate surface area is 299 Å². The van der Waals surface area contributed by atoms with Gasteiger partial charge in [0.15, 0.2) is 14.0 Å². The highest BCUT2D eigenvalue weighted by molar-refractivity contribution is 6.73. The molecule has 1 N–H and O–H groups in total. The summed E-state index contributed by atoms with van der Waals surface area (Å²) in [6.07, 6.45) is -2.32. The number of carboxylic acids is 1. The van der Waals surface area contributed by atoms with E-state index in [4.69, 9.17) is 27.6 Å². The van der Waals surface area contributed by atoms with Crippen molar-refractivity contribution in [2.24, 2.45) is 22.7 Å². The van der Waals surface area contributed by atoms with Crippen molar-refractivity contribution in [3.05, 3.63) is 50.8 Å². The fourth-order valence-electron chi connectivity index (χ4n) is 8.75. The zero-order valence-electron chi connectivity index (χ0n) is 29.6. The maximum Gasteiger partial charge on any atom is 0.433 e. The Balaban J connectivity index is 1.57. The molecule has 0 saturated heterocycles. The Kier molecular flexibility index (Phi) is 10.7. The van der Waals surface area contributed by atoms with Gasteiger partial charge in [-0.3, -0.25) is 14.3 Å². The molecular formula is C36H50Cl2F3N3O4Si. The summed E-state index contributed by atoms with van der Waals surface area (Å²) in [5, 5.41) is 14.7. The number of hydrogen-bond acceptors (Lipinski definition) is 4. The number of aromatic nitrogens is 2. The minimum absolute atomic E-state index is 0.00346. The van der Waals surface area contributed by atoms with Crippen LogP contribution in [0.3, 0.4) is 0 Å². The number of aliphatic carboxylic acids is 1. The first-order valence-corrected chi connectivity index (χ1v) is 20.9. The van der Waals surface area contributed by atoms with Gasteiger partial charge in [-0.15, -0.1) is 0 Å². The van der Waals surface area contributed by atoms with Crippen LogP contribution in [0, 0.1) is 29.6 Å². The van der Waals surface area contributed by atoms with Gasteiger partial charge in [0.2, 0.25) is 0 Å². The van der Waals surface area contributed by atoms with E-state index in [-0.39, 0.29) is 43.7 Å². The highest BCUT2D eigenvalue weighted by Gasteiger charge is 2.63. The number of amides is 1. The molecule has 0 aliphatic heterocycles. The average molecular weight is 745 g/mol. The number of carbonyl (C=O) groups is 2. The standard InChI is InChI=1S/C36H50Cl2F3N3O4Si/c1-8-49(9-2,10-3)48-29(30-27(37)15-21(4)16-28(30)38)20-43(23-17-25-26(18-23)34(25,5)6)32(45)24-19-42-44(31(24)36(39,40)41)22-11-13-35(7,14-12-22)33(46)47/h15-16,19,22-23,25-26,29H,8-14,17-18,20H2,1-7H3,(H,46,47)/t22?,23?,25-,26+,29?,35?. The van der Waals surface area contributed by atoms with Crippen LogP contribution in [0.2, 0.25) is 28.2 Å². The molecule has 272 valence electrons. The Bertz CT molecular complexity index is 1520. The van der Waals surface area contributed by atoms with Crippen molar-refractivity contribution in [3.63, 3.8) is 0 Å². The van der Waals surface area contributed by atoms with Crippen molar-refractivity contribution < 1.29 is 32.3 Å². The number of halogens is 5. The second kappa shape index (κ2) is 13.8. The molecule has 2 unspecified atom stereocenters. The van der Waals surface area contributed by atoms with Gasteiger partial charge in [0.25, 0.3) is 5.91 Å². The van der Waals surface area contributed by atoms with Gasteiger partial charge < -0.3 is 14.4 Å². The second-order valence-electron chi connectivity index (χ2n) is 15.6. The second-order valence-corrected chi connectivity index (χ2v) is 21.1. The molecule has 3 aliphatic carbocycles. The third-order valence-corrected chi connectivity index (χ3v) is 17.8. The summed E-state index contributed by atoms with van der Waals surface area (Å²) in [5.41, 5.74) is -1.04. The third-order valence-electron chi connectivity index (χ3n) is 12.5. The van der Waals surface area contributed by atoms with Crippen LogP contribution in [0.15, 0.2) is 18.3 Å². The molecule has 3 saturated carbocycles. The molecule has 1 aromatic carbocycles. The summed E-state index contributed by atoms with van der Waals surface area (Å²) in [7, 11) is -2.34. The first kappa shape index (κ1) is 38.2. The zero-order chi connectivity index (χ0) is 36.3. The molecule has 5 rings (SSSR count). The summed E-state index contributed by atoms with van der Waals surface area (Å²) in [5.74, 6) is -0.938. The molecule has 0 spiro atoms. The maximum absolute atomic E-state index is 15.0. The lowest BCUT2D eigenvalue weighted by molar-refractivity contribution is -0.152. The number of nitrogens with zero attached hydrogens (tertiary/aromatic N) is 3. The summed E-state index contributed by atoms with van der Waals surface area (Å²) >= 11 is 13.7. The zero-order valence-corrected chi connectivity index (χ0v) is 32.1.